The number of epoxide rings is 1. The lowest BCUT2D eigenvalue weighted by Gasteiger charge is -2.30. The van der Waals surface area contributed by atoms with E-state index in [0.717, 1.165) is 45.4 Å². The maximum atomic E-state index is 11.0. The highest BCUT2D eigenvalue weighted by Gasteiger charge is 2.22. The van der Waals surface area contributed by atoms with E-state index >= 15 is 0 Å². The summed E-state index contributed by atoms with van der Waals surface area (Å²) in [7, 11) is -1.77. The molecule has 0 unspecified atom stereocenters. The van der Waals surface area contributed by atoms with Gasteiger partial charge in [-0.05, 0) is 25.7 Å². The SMILES string of the molecule is C1CO1.CCCCCCCCCCCC[N+](C)(C)CCOS(=O)(=O)[O-].CCCCCCCCCCCC[N+](C)(C)S(=O)(=O)[O-]. The van der Waals surface area contributed by atoms with Crippen LogP contribution < -0.4 is 0 Å². The molecule has 44 heavy (non-hydrogen) atoms. The van der Waals surface area contributed by atoms with E-state index in [2.05, 4.69) is 22.8 Å². The van der Waals surface area contributed by atoms with Crippen LogP contribution in [0.1, 0.15) is 142 Å². The molecule has 0 N–H and O–H groups in total. The number of rotatable bonds is 27. The summed E-state index contributed by atoms with van der Waals surface area (Å²) in [4.78, 5) is 0. The molecule has 0 aromatic carbocycles. The summed E-state index contributed by atoms with van der Waals surface area (Å²) in [5, 5.41) is 0. The average Bonchev–Trinajstić information content (AvgIpc) is 3.79. The van der Waals surface area contributed by atoms with Crippen LogP contribution in [0.2, 0.25) is 0 Å². The summed E-state index contributed by atoms with van der Waals surface area (Å²) in [6.07, 6.45) is 25.2. The second kappa shape index (κ2) is 27.7. The molecule has 0 aromatic heterocycles. The van der Waals surface area contributed by atoms with Gasteiger partial charge in [-0.3, -0.25) is 4.18 Å². The van der Waals surface area contributed by atoms with Crippen molar-refractivity contribution >= 4 is 20.7 Å². The molecular formula is C32H70N2O8S2. The van der Waals surface area contributed by atoms with Crippen LogP contribution in [0.3, 0.4) is 0 Å². The molecular weight excluding hydrogens is 604 g/mol. The average molecular weight is 675 g/mol. The normalized spacial score (nSPS) is 13.5. The highest BCUT2D eigenvalue weighted by Crippen LogP contribution is 2.14. The molecule has 1 rings (SSSR count). The van der Waals surface area contributed by atoms with Crippen molar-refractivity contribution in [3.63, 3.8) is 0 Å². The van der Waals surface area contributed by atoms with Gasteiger partial charge in [-0.15, -0.1) is 0 Å². The maximum Gasteiger partial charge on any atom is 0.254 e. The van der Waals surface area contributed by atoms with E-state index in [0.29, 0.717) is 17.6 Å². The quantitative estimate of drug-likeness (QED) is 0.0301. The molecule has 12 heteroatoms. The standard InChI is InChI=1S/C16H35NO4S.C14H31NO3S.C2H4O/c1-4-5-6-7-8-9-10-11-12-13-14-17(2,3)15-16-21-22(18,19)20;1-4-5-6-7-8-9-10-11-12-13-14-15(2,3)19(16,17)18;1-2-3-1/h4-16H2,1-3H3;4-14H2,1-3H3;1-2H2. The highest BCUT2D eigenvalue weighted by molar-refractivity contribution is 7.80. The molecule has 1 heterocycles. The first-order chi connectivity index (χ1) is 20.6. The molecule has 1 fully saturated rings. The van der Waals surface area contributed by atoms with Gasteiger partial charge in [0.25, 0.3) is 10.3 Å². The predicted molar refractivity (Wildman–Crippen MR) is 179 cm³/mol. The van der Waals surface area contributed by atoms with Crippen molar-refractivity contribution in [3.05, 3.63) is 0 Å². The summed E-state index contributed by atoms with van der Waals surface area (Å²) < 4.78 is 73.0. The lowest BCUT2D eigenvalue weighted by Crippen LogP contribution is -2.45. The maximum absolute atomic E-state index is 11.0. The van der Waals surface area contributed by atoms with Crippen molar-refractivity contribution in [2.75, 3.05) is 67.6 Å². The second-order valence-corrected chi connectivity index (χ2v) is 16.2. The summed E-state index contributed by atoms with van der Waals surface area (Å²) in [6.45, 7) is 8.38. The van der Waals surface area contributed by atoms with E-state index in [4.69, 9.17) is 0 Å². The molecule has 10 nitrogen and oxygen atoms in total. The van der Waals surface area contributed by atoms with Gasteiger partial charge in [0.05, 0.1) is 54.5 Å². The molecule has 0 bridgehead atoms. The summed E-state index contributed by atoms with van der Waals surface area (Å²) in [5.74, 6) is 0. The Morgan fingerprint density at radius 1 is 0.545 bits per heavy atom. The van der Waals surface area contributed by atoms with E-state index in [1.54, 1.807) is 0 Å². The van der Waals surface area contributed by atoms with Gasteiger partial charge in [0.2, 0.25) is 10.4 Å². The van der Waals surface area contributed by atoms with E-state index < -0.39 is 24.6 Å². The molecule has 0 saturated carbocycles. The number of unbranched alkanes of at least 4 members (excludes halogenated alkanes) is 18. The minimum atomic E-state index is -4.55. The van der Waals surface area contributed by atoms with Crippen LogP contribution in [0, 0.1) is 0 Å². The molecule has 0 aliphatic carbocycles. The zero-order chi connectivity index (χ0) is 33.8. The fraction of sp³-hybridized carbons (Fsp3) is 1.00. The molecule has 1 saturated heterocycles. The first-order valence-corrected chi connectivity index (χ1v) is 20.1. The molecule has 0 atom stereocenters. The van der Waals surface area contributed by atoms with Crippen molar-refractivity contribution in [2.45, 2.75) is 142 Å². The first-order valence-electron chi connectivity index (χ1n) is 17.4. The van der Waals surface area contributed by atoms with Crippen LogP contribution in [0.15, 0.2) is 0 Å². The molecule has 1 aliphatic rings. The van der Waals surface area contributed by atoms with E-state index in [9.17, 15) is 25.9 Å². The minimum absolute atomic E-state index is 0.0312. The molecule has 268 valence electrons. The summed E-state index contributed by atoms with van der Waals surface area (Å²) in [5.41, 5.74) is 0. The van der Waals surface area contributed by atoms with Gasteiger partial charge in [0.1, 0.15) is 13.2 Å². The van der Waals surface area contributed by atoms with Gasteiger partial charge in [0.15, 0.2) is 0 Å². The Hall–Kier alpha value is -0.340. The Morgan fingerprint density at radius 3 is 1.16 bits per heavy atom. The van der Waals surface area contributed by atoms with Crippen LogP contribution in [-0.4, -0.2) is 102 Å². The second-order valence-electron chi connectivity index (χ2n) is 13.3. The fourth-order valence-electron chi connectivity index (χ4n) is 4.62. The fourth-order valence-corrected chi connectivity index (χ4v) is 5.25. The molecule has 0 spiro atoms. The Labute approximate surface area is 273 Å². The smallest absolute Gasteiger partial charge is 0.254 e. The van der Waals surface area contributed by atoms with E-state index in [1.807, 2.05) is 14.1 Å². The van der Waals surface area contributed by atoms with Gasteiger partial charge in [-0.25, -0.2) is 12.3 Å². The molecule has 0 aromatic rings. The zero-order valence-corrected chi connectivity index (χ0v) is 31.0. The third-order valence-electron chi connectivity index (χ3n) is 7.90. The lowest BCUT2D eigenvalue weighted by molar-refractivity contribution is -0.890. The lowest BCUT2D eigenvalue weighted by atomic mass is 10.1. The summed E-state index contributed by atoms with van der Waals surface area (Å²) in [6, 6.07) is 0. The minimum Gasteiger partial charge on any atom is -0.726 e. The number of hydrogen-bond acceptors (Lipinski definition) is 8. The van der Waals surface area contributed by atoms with Crippen LogP contribution in [0.5, 0.6) is 0 Å². The van der Waals surface area contributed by atoms with E-state index in [-0.39, 0.29) is 6.61 Å². The summed E-state index contributed by atoms with van der Waals surface area (Å²) >= 11 is 0. The number of ether oxygens (including phenoxy) is 1. The van der Waals surface area contributed by atoms with Gasteiger partial charge >= 0.3 is 0 Å². The van der Waals surface area contributed by atoms with Gasteiger partial charge in [-0.1, -0.05) is 117 Å². The third-order valence-corrected chi connectivity index (χ3v) is 9.75. The topological polar surface area (TPSA) is 136 Å². The van der Waals surface area contributed by atoms with Crippen molar-refractivity contribution in [1.82, 2.24) is 0 Å². The Morgan fingerprint density at radius 2 is 0.864 bits per heavy atom. The molecule has 0 radical (unpaired) electrons. The largest absolute Gasteiger partial charge is 0.726 e. The van der Waals surface area contributed by atoms with Crippen molar-refractivity contribution in [1.29, 1.82) is 0 Å². The van der Waals surface area contributed by atoms with Crippen LogP contribution >= 0.6 is 0 Å². The first kappa shape index (κ1) is 45.8. The van der Waals surface area contributed by atoms with Crippen molar-refractivity contribution < 1.29 is 43.2 Å². The third kappa shape index (κ3) is 36.1. The van der Waals surface area contributed by atoms with Crippen LogP contribution in [-0.2, 0) is 29.6 Å². The Kier molecular flexibility index (Phi) is 28.9. The van der Waals surface area contributed by atoms with Gasteiger partial charge in [-0.2, -0.15) is 8.42 Å². The van der Waals surface area contributed by atoms with Crippen LogP contribution in [0.25, 0.3) is 0 Å². The van der Waals surface area contributed by atoms with Crippen molar-refractivity contribution in [2.24, 2.45) is 0 Å². The highest BCUT2D eigenvalue weighted by atomic mass is 32.3. The Bertz CT molecular complexity index is 846. The van der Waals surface area contributed by atoms with Crippen molar-refractivity contribution in [3.8, 4) is 0 Å². The van der Waals surface area contributed by atoms with Gasteiger partial charge in [0, 0.05) is 0 Å². The van der Waals surface area contributed by atoms with E-state index in [1.165, 1.54) is 117 Å². The molecule has 1 aliphatic heterocycles. The number of nitrogens with zero attached hydrogens (tertiary/aromatic N) is 2. The van der Waals surface area contributed by atoms with Crippen LogP contribution in [0.4, 0.5) is 0 Å². The Balaban J connectivity index is 0. The zero-order valence-electron chi connectivity index (χ0n) is 29.4. The number of hydrogen-bond donors (Lipinski definition) is 0. The van der Waals surface area contributed by atoms with Gasteiger partial charge < -0.3 is 18.3 Å². The number of likely N-dealkylation sites (N-methyl/N-ethyl adjacent to an activating group) is 1. The number of quaternary nitrogens is 2. The monoisotopic (exact) mass is 674 g/mol. The molecule has 0 amide bonds. The predicted octanol–water partition coefficient (Wildman–Crippen LogP) is 6.92.